The summed E-state index contributed by atoms with van der Waals surface area (Å²) in [6.07, 6.45) is 1.82. The van der Waals surface area contributed by atoms with Crippen LogP contribution in [0.1, 0.15) is 31.6 Å². The van der Waals surface area contributed by atoms with Crippen LogP contribution in [0.5, 0.6) is 0 Å². The van der Waals surface area contributed by atoms with Gasteiger partial charge in [-0.05, 0) is 30.9 Å². The summed E-state index contributed by atoms with van der Waals surface area (Å²) in [4.78, 5) is 0.410. The minimum Gasteiger partial charge on any atom is -0.210 e. The first-order valence-corrected chi connectivity index (χ1v) is 7.75. The molecule has 94 valence electrons. The van der Waals surface area contributed by atoms with E-state index in [-0.39, 0.29) is 4.21 Å². The molecule has 6 heteroatoms. The van der Waals surface area contributed by atoms with Gasteiger partial charge < -0.3 is 0 Å². The monoisotopic (exact) mass is 272 g/mol. The molecule has 0 fully saturated rings. The molecule has 0 aliphatic heterocycles. The van der Waals surface area contributed by atoms with Gasteiger partial charge in [0.1, 0.15) is 15.2 Å². The van der Waals surface area contributed by atoms with Gasteiger partial charge in [0.2, 0.25) is 10.0 Å². The van der Waals surface area contributed by atoms with Crippen LogP contribution in [0.15, 0.2) is 16.3 Å². The molecule has 0 aromatic carbocycles. The summed E-state index contributed by atoms with van der Waals surface area (Å²) in [5.74, 6) is 0.575. The van der Waals surface area contributed by atoms with Crippen LogP contribution in [0.3, 0.4) is 0 Å². The Bertz CT molecular complexity index is 498. The molecule has 0 spiro atoms. The maximum atomic E-state index is 11.8. The summed E-state index contributed by atoms with van der Waals surface area (Å²) in [6.45, 7) is 4.65. The second-order valence-corrected chi connectivity index (χ2v) is 7.24. The summed E-state index contributed by atoms with van der Waals surface area (Å²) in [5, 5.41) is 8.64. The van der Waals surface area contributed by atoms with Crippen LogP contribution >= 0.6 is 11.3 Å². The van der Waals surface area contributed by atoms with E-state index in [1.165, 1.54) is 12.1 Å². The lowest BCUT2D eigenvalue weighted by atomic mass is 10.1. The van der Waals surface area contributed by atoms with Crippen molar-refractivity contribution in [2.45, 2.75) is 30.9 Å². The topological polar surface area (TPSA) is 70.0 Å². The van der Waals surface area contributed by atoms with Gasteiger partial charge in [-0.25, -0.2) is 13.1 Å². The van der Waals surface area contributed by atoms with Crippen LogP contribution in [0, 0.1) is 17.2 Å². The third-order valence-electron chi connectivity index (χ3n) is 2.21. The van der Waals surface area contributed by atoms with Gasteiger partial charge in [0.15, 0.2) is 0 Å². The highest BCUT2D eigenvalue weighted by Gasteiger charge is 2.15. The van der Waals surface area contributed by atoms with Gasteiger partial charge in [0.05, 0.1) is 0 Å². The Morgan fingerprint density at radius 1 is 1.47 bits per heavy atom. The van der Waals surface area contributed by atoms with Gasteiger partial charge in [-0.1, -0.05) is 13.8 Å². The molecule has 0 saturated carbocycles. The van der Waals surface area contributed by atoms with E-state index in [4.69, 9.17) is 5.26 Å². The van der Waals surface area contributed by atoms with Crippen LogP contribution in [0.25, 0.3) is 0 Å². The summed E-state index contributed by atoms with van der Waals surface area (Å²) >= 11 is 0.993. The van der Waals surface area contributed by atoms with Crippen LogP contribution < -0.4 is 4.72 Å². The molecule has 0 radical (unpaired) electrons. The predicted octanol–water partition coefficient (Wildman–Crippen LogP) is 2.33. The van der Waals surface area contributed by atoms with Crippen molar-refractivity contribution in [1.29, 1.82) is 5.26 Å². The molecule has 0 unspecified atom stereocenters. The fraction of sp³-hybridized carbons (Fsp3) is 0.545. The molecular formula is C11H16N2O2S2. The molecular weight excluding hydrogens is 256 g/mol. The highest BCUT2D eigenvalue weighted by Crippen LogP contribution is 2.20. The Morgan fingerprint density at radius 3 is 2.71 bits per heavy atom. The number of rotatable bonds is 6. The van der Waals surface area contributed by atoms with Crippen LogP contribution in [0.4, 0.5) is 0 Å². The molecule has 0 atom stereocenters. The molecule has 0 saturated heterocycles. The average Bonchev–Trinajstić information content (AvgIpc) is 2.73. The van der Waals surface area contributed by atoms with E-state index in [0.717, 1.165) is 24.2 Å². The smallest absolute Gasteiger partial charge is 0.210 e. The van der Waals surface area contributed by atoms with E-state index < -0.39 is 10.0 Å². The number of thiophene rings is 1. The van der Waals surface area contributed by atoms with E-state index >= 15 is 0 Å². The number of nitriles is 1. The molecule has 0 bridgehead atoms. The number of nitrogens with one attached hydrogen (secondary N) is 1. The van der Waals surface area contributed by atoms with Gasteiger partial charge in [-0.15, -0.1) is 11.3 Å². The van der Waals surface area contributed by atoms with E-state index in [1.807, 2.05) is 6.07 Å². The first-order chi connectivity index (χ1) is 7.95. The fourth-order valence-electron chi connectivity index (χ4n) is 1.31. The number of sulfonamides is 1. The molecule has 1 aromatic heterocycles. The third-order valence-corrected chi connectivity index (χ3v) is 5.15. The zero-order chi connectivity index (χ0) is 12.9. The number of hydrogen-bond donors (Lipinski definition) is 1. The van der Waals surface area contributed by atoms with Crippen LogP contribution in [0.2, 0.25) is 0 Å². The van der Waals surface area contributed by atoms with E-state index in [2.05, 4.69) is 18.6 Å². The molecule has 17 heavy (non-hydrogen) atoms. The molecule has 1 N–H and O–H groups in total. The molecule has 0 amide bonds. The van der Waals surface area contributed by atoms with E-state index in [9.17, 15) is 8.42 Å². The second kappa shape index (κ2) is 6.15. The second-order valence-electron chi connectivity index (χ2n) is 4.16. The fourth-order valence-corrected chi connectivity index (χ4v) is 3.53. The summed E-state index contributed by atoms with van der Waals surface area (Å²) in [7, 11) is -3.43. The van der Waals surface area contributed by atoms with Crippen molar-refractivity contribution in [3.63, 3.8) is 0 Å². The van der Waals surface area contributed by atoms with Gasteiger partial charge in [-0.3, -0.25) is 0 Å². The van der Waals surface area contributed by atoms with Crippen molar-refractivity contribution in [3.05, 3.63) is 17.0 Å². The Morgan fingerprint density at radius 2 is 2.18 bits per heavy atom. The Labute approximate surface area is 106 Å². The predicted molar refractivity (Wildman–Crippen MR) is 68.3 cm³/mol. The minimum absolute atomic E-state index is 0.207. The Balaban J connectivity index is 2.55. The average molecular weight is 272 g/mol. The first kappa shape index (κ1) is 14.2. The Hall–Kier alpha value is -0.900. The summed E-state index contributed by atoms with van der Waals surface area (Å²) in [5.41, 5.74) is 0. The molecule has 1 heterocycles. The Kier molecular flexibility index (Phi) is 5.12. The molecule has 1 rings (SSSR count). The van der Waals surface area contributed by atoms with Crippen molar-refractivity contribution < 1.29 is 8.42 Å². The van der Waals surface area contributed by atoms with Gasteiger partial charge in [0.25, 0.3) is 0 Å². The van der Waals surface area contributed by atoms with Crippen molar-refractivity contribution in [1.82, 2.24) is 4.72 Å². The van der Waals surface area contributed by atoms with Crippen molar-refractivity contribution in [2.75, 3.05) is 6.54 Å². The highest BCUT2D eigenvalue weighted by molar-refractivity contribution is 7.91. The number of hydrogen-bond acceptors (Lipinski definition) is 4. The molecule has 1 aromatic rings. The highest BCUT2D eigenvalue weighted by atomic mass is 32.2. The standard InChI is InChI=1S/C11H16N2O2S2/c1-9(2)4-3-7-13-17(14,15)11-6-5-10(8-12)16-11/h5-6,9,13H,3-4,7H2,1-2H3. The van der Waals surface area contributed by atoms with Crippen LogP contribution in [-0.2, 0) is 10.0 Å². The van der Waals surface area contributed by atoms with Crippen molar-refractivity contribution in [3.8, 4) is 6.07 Å². The maximum Gasteiger partial charge on any atom is 0.250 e. The lowest BCUT2D eigenvalue weighted by Crippen LogP contribution is -2.24. The van der Waals surface area contributed by atoms with Crippen LogP contribution in [-0.4, -0.2) is 15.0 Å². The quantitative estimate of drug-likeness (QED) is 0.808. The lowest BCUT2D eigenvalue weighted by Gasteiger charge is -2.06. The molecule has 0 aliphatic rings. The number of nitrogens with zero attached hydrogens (tertiary/aromatic N) is 1. The summed E-state index contributed by atoms with van der Waals surface area (Å²) in [6, 6.07) is 4.92. The minimum atomic E-state index is -3.43. The van der Waals surface area contributed by atoms with Crippen molar-refractivity contribution >= 4 is 21.4 Å². The SMILES string of the molecule is CC(C)CCCNS(=O)(=O)c1ccc(C#N)s1. The van der Waals surface area contributed by atoms with Gasteiger partial charge >= 0.3 is 0 Å². The van der Waals surface area contributed by atoms with Crippen molar-refractivity contribution in [2.24, 2.45) is 5.92 Å². The zero-order valence-electron chi connectivity index (χ0n) is 9.93. The lowest BCUT2D eigenvalue weighted by molar-refractivity contribution is 0.540. The zero-order valence-corrected chi connectivity index (χ0v) is 11.6. The maximum absolute atomic E-state index is 11.8. The third kappa shape index (κ3) is 4.46. The van der Waals surface area contributed by atoms with E-state index in [1.54, 1.807) is 0 Å². The van der Waals surface area contributed by atoms with E-state index in [0.29, 0.717) is 17.3 Å². The first-order valence-electron chi connectivity index (χ1n) is 5.45. The molecule has 0 aliphatic carbocycles. The normalized spacial score (nSPS) is 11.6. The van der Waals surface area contributed by atoms with Gasteiger partial charge in [0, 0.05) is 6.54 Å². The summed E-state index contributed by atoms with van der Waals surface area (Å²) < 4.78 is 26.3. The largest absolute Gasteiger partial charge is 0.250 e. The van der Waals surface area contributed by atoms with Gasteiger partial charge in [-0.2, -0.15) is 5.26 Å². The molecule has 4 nitrogen and oxygen atoms in total.